The number of carbonyl (C=O) groups excluding carboxylic acids is 2. The molecule has 4 atom stereocenters. The fraction of sp³-hybridized carbons (Fsp3) is 0.591. The van der Waals surface area contributed by atoms with E-state index in [-0.39, 0.29) is 30.0 Å². The first-order valence-corrected chi connectivity index (χ1v) is 10.5. The number of hydrogen-bond acceptors (Lipinski definition) is 5. The number of amides is 2. The van der Waals surface area contributed by atoms with Gasteiger partial charge in [0.15, 0.2) is 0 Å². The lowest BCUT2D eigenvalue weighted by atomic mass is 9.73. The average molecular weight is 418 g/mol. The van der Waals surface area contributed by atoms with Crippen LogP contribution in [0.1, 0.15) is 35.7 Å². The Morgan fingerprint density at radius 2 is 2.10 bits per heavy atom. The van der Waals surface area contributed by atoms with Crippen LogP contribution in [-0.2, 0) is 20.7 Å². The van der Waals surface area contributed by atoms with Crippen molar-refractivity contribution in [3.05, 3.63) is 35.4 Å². The molecule has 8 nitrogen and oxygen atoms in total. The maximum absolute atomic E-state index is 12.7. The van der Waals surface area contributed by atoms with Crippen LogP contribution in [0, 0.1) is 11.8 Å². The van der Waals surface area contributed by atoms with Crippen molar-refractivity contribution in [3.8, 4) is 0 Å². The number of ether oxygens (including phenoxy) is 1. The molecule has 8 heteroatoms. The predicted molar refractivity (Wildman–Crippen MR) is 111 cm³/mol. The number of benzene rings is 1. The molecule has 1 aromatic carbocycles. The van der Waals surface area contributed by atoms with Crippen molar-refractivity contribution >= 4 is 18.3 Å². The van der Waals surface area contributed by atoms with Crippen molar-refractivity contribution in [2.75, 3.05) is 33.2 Å². The summed E-state index contributed by atoms with van der Waals surface area (Å²) in [6.45, 7) is 4.58. The van der Waals surface area contributed by atoms with Gasteiger partial charge in [-0.1, -0.05) is 25.1 Å². The Balaban J connectivity index is 0.000000806. The van der Waals surface area contributed by atoms with E-state index < -0.39 is 0 Å². The highest BCUT2D eigenvalue weighted by molar-refractivity contribution is 5.95. The summed E-state index contributed by atoms with van der Waals surface area (Å²) < 4.78 is 6.40. The van der Waals surface area contributed by atoms with Crippen LogP contribution >= 0.6 is 0 Å². The van der Waals surface area contributed by atoms with Crippen LogP contribution in [0.25, 0.3) is 0 Å². The zero-order valence-electron chi connectivity index (χ0n) is 17.6. The van der Waals surface area contributed by atoms with E-state index in [0.29, 0.717) is 24.9 Å². The Morgan fingerprint density at radius 1 is 1.37 bits per heavy atom. The number of hydrogen-bond donors (Lipinski definition) is 3. The Kier molecular flexibility index (Phi) is 7.10. The summed E-state index contributed by atoms with van der Waals surface area (Å²) in [6, 6.07) is 7.80. The second-order valence-electron chi connectivity index (χ2n) is 8.20. The van der Waals surface area contributed by atoms with E-state index in [1.165, 1.54) is 0 Å². The zero-order chi connectivity index (χ0) is 21.7. The maximum atomic E-state index is 12.7. The third-order valence-corrected chi connectivity index (χ3v) is 6.64. The number of carbonyl (C=O) groups is 3. The van der Waals surface area contributed by atoms with E-state index in [1.807, 2.05) is 24.3 Å². The summed E-state index contributed by atoms with van der Waals surface area (Å²) in [5.41, 5.74) is 1.73. The quantitative estimate of drug-likeness (QED) is 0.594. The van der Waals surface area contributed by atoms with Crippen LogP contribution < -0.4 is 10.6 Å². The number of rotatable bonds is 6. The molecule has 3 N–H and O–H groups in total. The Morgan fingerprint density at radius 3 is 2.80 bits per heavy atom. The lowest BCUT2D eigenvalue weighted by Crippen LogP contribution is -2.42. The van der Waals surface area contributed by atoms with Gasteiger partial charge in [-0.05, 0) is 30.9 Å². The topological polar surface area (TPSA) is 108 Å². The molecule has 3 saturated heterocycles. The summed E-state index contributed by atoms with van der Waals surface area (Å²) in [5, 5.41) is 12.7. The average Bonchev–Trinajstić information content (AvgIpc) is 3.40. The largest absolute Gasteiger partial charge is 0.483 e. The first kappa shape index (κ1) is 22.2. The van der Waals surface area contributed by atoms with Crippen molar-refractivity contribution < 1.29 is 24.2 Å². The van der Waals surface area contributed by atoms with Crippen LogP contribution in [0.15, 0.2) is 24.3 Å². The third kappa shape index (κ3) is 4.34. The van der Waals surface area contributed by atoms with Crippen molar-refractivity contribution in [1.29, 1.82) is 0 Å². The molecular formula is C22H31N3O5. The Hall–Kier alpha value is -2.45. The molecule has 1 aromatic rings. The standard InChI is InChI=1S/C21H29N3O3.CH2O2/c1-3-14-6-4-5-7-15(14)20(26)23-10-16-17-11-24(12-19(25)22-2)13-21(17)9-8-18(16)27-21;2-1-3/h4-7,16-18H,3,8-13H2,1-2H3,(H,22,25)(H,23,26);1H,(H,2,3)/t16-,17+,18+,21+;/m0./s1. The molecule has 2 bridgehead atoms. The lowest BCUT2D eigenvalue weighted by Gasteiger charge is -2.29. The van der Waals surface area contributed by atoms with E-state index in [4.69, 9.17) is 14.6 Å². The number of likely N-dealkylation sites (N-methyl/N-ethyl adjacent to an activating group) is 1. The highest BCUT2D eigenvalue weighted by Crippen LogP contribution is 2.54. The number of nitrogens with one attached hydrogen (secondary N) is 2. The van der Waals surface area contributed by atoms with Gasteiger partial charge in [0.05, 0.1) is 18.2 Å². The zero-order valence-corrected chi connectivity index (χ0v) is 17.6. The van der Waals surface area contributed by atoms with Crippen LogP contribution in [0.5, 0.6) is 0 Å². The fourth-order valence-corrected chi connectivity index (χ4v) is 5.32. The Bertz CT molecular complexity index is 786. The van der Waals surface area contributed by atoms with Crippen molar-refractivity contribution in [3.63, 3.8) is 0 Å². The van der Waals surface area contributed by atoms with E-state index in [9.17, 15) is 9.59 Å². The van der Waals surface area contributed by atoms with Crippen LogP contribution in [0.4, 0.5) is 0 Å². The van der Waals surface area contributed by atoms with Crippen LogP contribution in [0.2, 0.25) is 0 Å². The van der Waals surface area contributed by atoms with Crippen molar-refractivity contribution in [2.24, 2.45) is 11.8 Å². The van der Waals surface area contributed by atoms with E-state index in [0.717, 1.165) is 43.5 Å². The number of aryl methyl sites for hydroxylation is 1. The summed E-state index contributed by atoms with van der Waals surface area (Å²) in [4.78, 5) is 35.0. The molecule has 0 unspecified atom stereocenters. The van der Waals surface area contributed by atoms with Gasteiger partial charge in [0.25, 0.3) is 12.4 Å². The number of nitrogens with zero attached hydrogens (tertiary/aromatic N) is 1. The van der Waals surface area contributed by atoms with Gasteiger partial charge in [-0.15, -0.1) is 0 Å². The van der Waals surface area contributed by atoms with Crippen LogP contribution in [0.3, 0.4) is 0 Å². The Labute approximate surface area is 177 Å². The normalized spacial score (nSPS) is 28.9. The SMILES string of the molecule is CCc1ccccc1C(=O)NC[C@H]1[C@H]2CN(CC(=O)NC)C[C@]23CC[C@H]1O3.O=CO. The van der Waals surface area contributed by atoms with Gasteiger partial charge in [-0.3, -0.25) is 19.3 Å². The summed E-state index contributed by atoms with van der Waals surface area (Å²) in [5.74, 6) is 0.764. The molecule has 1 spiro atoms. The molecule has 4 rings (SSSR count). The molecule has 3 aliphatic heterocycles. The van der Waals surface area contributed by atoms with Gasteiger partial charge in [0.1, 0.15) is 0 Å². The molecular weight excluding hydrogens is 386 g/mol. The molecule has 3 heterocycles. The minimum absolute atomic E-state index is 0.00415. The molecule has 3 aliphatic rings. The molecule has 0 radical (unpaired) electrons. The summed E-state index contributed by atoms with van der Waals surface area (Å²) in [6.07, 6.45) is 3.20. The van der Waals surface area contributed by atoms with Crippen molar-refractivity contribution in [2.45, 2.75) is 37.9 Å². The number of fused-ring (bicyclic) bond motifs is 1. The highest BCUT2D eigenvalue weighted by Gasteiger charge is 2.62. The molecule has 0 aliphatic carbocycles. The summed E-state index contributed by atoms with van der Waals surface area (Å²) >= 11 is 0. The van der Waals surface area contributed by atoms with E-state index >= 15 is 0 Å². The highest BCUT2D eigenvalue weighted by atomic mass is 16.5. The first-order chi connectivity index (χ1) is 14.5. The molecule has 30 heavy (non-hydrogen) atoms. The van der Waals surface area contributed by atoms with Gasteiger partial charge in [-0.2, -0.15) is 0 Å². The van der Waals surface area contributed by atoms with Gasteiger partial charge < -0.3 is 20.5 Å². The predicted octanol–water partition coefficient (Wildman–Crippen LogP) is 0.905. The minimum Gasteiger partial charge on any atom is -0.483 e. The second kappa shape index (κ2) is 9.57. The minimum atomic E-state index is -0.250. The lowest BCUT2D eigenvalue weighted by molar-refractivity contribution is -0.123. The summed E-state index contributed by atoms with van der Waals surface area (Å²) in [7, 11) is 1.67. The van der Waals surface area contributed by atoms with Gasteiger partial charge >= 0.3 is 0 Å². The molecule has 3 fully saturated rings. The van der Waals surface area contributed by atoms with E-state index in [2.05, 4.69) is 22.5 Å². The smallest absolute Gasteiger partial charge is 0.290 e. The second-order valence-corrected chi connectivity index (χ2v) is 8.20. The van der Waals surface area contributed by atoms with Gasteiger partial charge in [-0.25, -0.2) is 0 Å². The molecule has 0 aromatic heterocycles. The van der Waals surface area contributed by atoms with Crippen LogP contribution in [-0.4, -0.2) is 73.2 Å². The third-order valence-electron chi connectivity index (χ3n) is 6.64. The number of carboxylic acid groups (broad SMARTS) is 1. The van der Waals surface area contributed by atoms with Gasteiger partial charge in [0, 0.05) is 44.1 Å². The fourth-order valence-electron chi connectivity index (χ4n) is 5.32. The van der Waals surface area contributed by atoms with Crippen molar-refractivity contribution in [1.82, 2.24) is 15.5 Å². The molecule has 164 valence electrons. The first-order valence-electron chi connectivity index (χ1n) is 10.5. The molecule has 2 amide bonds. The monoisotopic (exact) mass is 417 g/mol. The van der Waals surface area contributed by atoms with Gasteiger partial charge in [0.2, 0.25) is 5.91 Å². The molecule has 0 saturated carbocycles. The van der Waals surface area contributed by atoms with E-state index in [1.54, 1.807) is 7.05 Å². The number of likely N-dealkylation sites (tertiary alicyclic amines) is 1. The maximum Gasteiger partial charge on any atom is 0.290 e.